The molecule has 0 radical (unpaired) electrons. The number of nitrogens with one attached hydrogen (secondary N) is 1. The smallest absolute Gasteiger partial charge is 0.173 e. The molecule has 0 saturated carbocycles. The lowest BCUT2D eigenvalue weighted by atomic mass is 9.98. The predicted octanol–water partition coefficient (Wildman–Crippen LogP) is 5.33. The first kappa shape index (κ1) is 25.9. The number of para-hydroxylation sites is 1. The van der Waals surface area contributed by atoms with Gasteiger partial charge >= 0.3 is 0 Å². The molecule has 0 spiro atoms. The minimum absolute atomic E-state index is 0.807. The number of benzene rings is 2. The molecule has 2 heterocycles. The molecular formula is C29H42N4OS. The van der Waals surface area contributed by atoms with Gasteiger partial charge in [0.2, 0.25) is 0 Å². The van der Waals surface area contributed by atoms with E-state index < -0.39 is 0 Å². The van der Waals surface area contributed by atoms with Crippen molar-refractivity contribution in [3.05, 3.63) is 59.2 Å². The molecule has 0 bridgehead atoms. The lowest BCUT2D eigenvalue weighted by Gasteiger charge is -2.33. The SMILES string of the molecule is CCCCN1CCCc2cc(CN(CCN3CCOCC3)C(=S)Nc3ccccc3CC)ccc21. The summed E-state index contributed by atoms with van der Waals surface area (Å²) >= 11 is 5.98. The van der Waals surface area contributed by atoms with Gasteiger partial charge in [0.1, 0.15) is 0 Å². The summed E-state index contributed by atoms with van der Waals surface area (Å²) < 4.78 is 5.54. The Bertz CT molecular complexity index is 959. The molecular weight excluding hydrogens is 452 g/mol. The Kier molecular flexibility index (Phi) is 9.81. The largest absolute Gasteiger partial charge is 0.379 e. The number of hydrogen-bond acceptors (Lipinski definition) is 4. The number of hydrogen-bond donors (Lipinski definition) is 1. The number of anilines is 2. The number of ether oxygens (including phenoxy) is 1. The summed E-state index contributed by atoms with van der Waals surface area (Å²) in [6, 6.07) is 15.6. The van der Waals surface area contributed by atoms with Crippen LogP contribution in [0, 0.1) is 0 Å². The number of nitrogens with zero attached hydrogens (tertiary/aromatic N) is 3. The zero-order valence-electron chi connectivity index (χ0n) is 21.6. The fourth-order valence-corrected chi connectivity index (χ4v) is 5.38. The van der Waals surface area contributed by atoms with Gasteiger partial charge in [0.15, 0.2) is 5.11 Å². The Morgan fingerprint density at radius 3 is 2.69 bits per heavy atom. The van der Waals surface area contributed by atoms with E-state index in [1.54, 1.807) is 0 Å². The highest BCUT2D eigenvalue weighted by Gasteiger charge is 2.19. The summed E-state index contributed by atoms with van der Waals surface area (Å²) in [6.45, 7) is 13.2. The lowest BCUT2D eigenvalue weighted by Crippen LogP contribution is -2.44. The Morgan fingerprint density at radius 2 is 1.89 bits per heavy atom. The van der Waals surface area contributed by atoms with Crippen molar-refractivity contribution >= 4 is 28.7 Å². The van der Waals surface area contributed by atoms with Gasteiger partial charge in [0, 0.05) is 57.2 Å². The Morgan fingerprint density at radius 1 is 1.06 bits per heavy atom. The van der Waals surface area contributed by atoms with Gasteiger partial charge < -0.3 is 19.9 Å². The first-order chi connectivity index (χ1) is 17.2. The third-order valence-corrected chi connectivity index (χ3v) is 7.59. The molecule has 1 fully saturated rings. The van der Waals surface area contributed by atoms with E-state index >= 15 is 0 Å². The van der Waals surface area contributed by atoms with E-state index in [1.165, 1.54) is 61.2 Å². The van der Waals surface area contributed by atoms with Crippen LogP contribution >= 0.6 is 12.2 Å². The number of aryl methyl sites for hydroxylation is 2. The molecule has 35 heavy (non-hydrogen) atoms. The van der Waals surface area contributed by atoms with Crippen molar-refractivity contribution in [3.8, 4) is 0 Å². The average molecular weight is 495 g/mol. The molecule has 5 nitrogen and oxygen atoms in total. The van der Waals surface area contributed by atoms with Gasteiger partial charge in [-0.2, -0.15) is 0 Å². The summed E-state index contributed by atoms with van der Waals surface area (Å²) in [5.74, 6) is 0. The molecule has 6 heteroatoms. The molecule has 1 N–H and O–H groups in total. The number of fused-ring (bicyclic) bond motifs is 1. The number of morpholine rings is 1. The van der Waals surface area contributed by atoms with Crippen molar-refractivity contribution in [2.45, 2.75) is 52.5 Å². The second kappa shape index (κ2) is 13.2. The number of thiocarbonyl (C=S) groups is 1. The van der Waals surface area contributed by atoms with Gasteiger partial charge in [0.05, 0.1) is 13.2 Å². The zero-order chi connectivity index (χ0) is 24.5. The van der Waals surface area contributed by atoms with Crippen LogP contribution in [-0.4, -0.2) is 67.4 Å². The molecule has 0 atom stereocenters. The molecule has 2 aromatic rings. The second-order valence-electron chi connectivity index (χ2n) is 9.72. The Hall–Kier alpha value is -2.15. The van der Waals surface area contributed by atoms with Crippen molar-refractivity contribution in [2.24, 2.45) is 0 Å². The molecule has 1 saturated heterocycles. The number of unbranched alkanes of at least 4 members (excludes halogenated alkanes) is 1. The Labute approximate surface area is 217 Å². The van der Waals surface area contributed by atoms with Crippen LogP contribution < -0.4 is 10.2 Å². The van der Waals surface area contributed by atoms with Crippen LogP contribution in [0.3, 0.4) is 0 Å². The first-order valence-corrected chi connectivity index (χ1v) is 13.9. The van der Waals surface area contributed by atoms with E-state index in [0.29, 0.717) is 0 Å². The minimum atomic E-state index is 0.807. The van der Waals surface area contributed by atoms with Crippen molar-refractivity contribution in [3.63, 3.8) is 0 Å². The van der Waals surface area contributed by atoms with Crippen LogP contribution in [0.1, 0.15) is 49.8 Å². The molecule has 2 aliphatic rings. The van der Waals surface area contributed by atoms with Crippen LogP contribution in [0.2, 0.25) is 0 Å². The Balaban J connectivity index is 1.48. The van der Waals surface area contributed by atoms with Crippen molar-refractivity contribution in [1.29, 1.82) is 0 Å². The summed E-state index contributed by atoms with van der Waals surface area (Å²) in [4.78, 5) is 7.41. The van der Waals surface area contributed by atoms with Gasteiger partial charge in [0.25, 0.3) is 0 Å². The predicted molar refractivity (Wildman–Crippen MR) is 152 cm³/mol. The molecule has 0 unspecified atom stereocenters. The topological polar surface area (TPSA) is 31.0 Å². The number of rotatable bonds is 10. The maximum atomic E-state index is 5.98. The maximum Gasteiger partial charge on any atom is 0.173 e. The second-order valence-corrected chi connectivity index (χ2v) is 10.1. The lowest BCUT2D eigenvalue weighted by molar-refractivity contribution is 0.0358. The van der Waals surface area contributed by atoms with E-state index in [9.17, 15) is 0 Å². The van der Waals surface area contributed by atoms with Crippen molar-refractivity contribution < 1.29 is 4.74 Å². The fraction of sp³-hybridized carbons (Fsp3) is 0.552. The molecule has 190 valence electrons. The molecule has 2 aromatic carbocycles. The average Bonchev–Trinajstić information content (AvgIpc) is 2.90. The van der Waals surface area contributed by atoms with Crippen LogP contribution in [0.25, 0.3) is 0 Å². The summed E-state index contributed by atoms with van der Waals surface area (Å²) in [6.07, 6.45) is 5.91. The summed E-state index contributed by atoms with van der Waals surface area (Å²) in [5.41, 5.74) is 6.69. The van der Waals surface area contributed by atoms with Gasteiger partial charge in [-0.1, -0.05) is 50.6 Å². The molecule has 2 aliphatic heterocycles. The van der Waals surface area contributed by atoms with Crippen molar-refractivity contribution in [2.75, 3.05) is 62.7 Å². The van der Waals surface area contributed by atoms with E-state index in [2.05, 4.69) is 76.3 Å². The third kappa shape index (κ3) is 7.18. The molecule has 0 aromatic heterocycles. The van der Waals surface area contributed by atoms with Crippen molar-refractivity contribution in [1.82, 2.24) is 9.80 Å². The van der Waals surface area contributed by atoms with Gasteiger partial charge in [-0.05, 0) is 66.7 Å². The van der Waals surface area contributed by atoms with E-state index in [0.717, 1.165) is 63.2 Å². The minimum Gasteiger partial charge on any atom is -0.379 e. The molecule has 0 amide bonds. The van der Waals surface area contributed by atoms with E-state index in [4.69, 9.17) is 17.0 Å². The summed E-state index contributed by atoms with van der Waals surface area (Å²) in [7, 11) is 0. The fourth-order valence-electron chi connectivity index (χ4n) is 5.11. The third-order valence-electron chi connectivity index (χ3n) is 7.23. The van der Waals surface area contributed by atoms with Gasteiger partial charge in [-0.3, -0.25) is 4.90 Å². The van der Waals surface area contributed by atoms with Crippen LogP contribution in [-0.2, 0) is 24.1 Å². The van der Waals surface area contributed by atoms with Crippen LogP contribution in [0.5, 0.6) is 0 Å². The molecule has 4 rings (SSSR count). The maximum absolute atomic E-state index is 5.98. The highest BCUT2D eigenvalue weighted by molar-refractivity contribution is 7.80. The normalized spacial score (nSPS) is 16.1. The molecule has 0 aliphatic carbocycles. The first-order valence-electron chi connectivity index (χ1n) is 13.5. The highest BCUT2D eigenvalue weighted by atomic mass is 32.1. The van der Waals surface area contributed by atoms with Gasteiger partial charge in [-0.25, -0.2) is 0 Å². The van der Waals surface area contributed by atoms with E-state index in [-0.39, 0.29) is 0 Å². The highest BCUT2D eigenvalue weighted by Crippen LogP contribution is 2.29. The van der Waals surface area contributed by atoms with Gasteiger partial charge in [-0.15, -0.1) is 0 Å². The standard InChI is InChI=1S/C29H42N4OS/c1-3-5-14-32-15-8-10-26-22-24(12-13-28(26)32)23-33(17-16-31-18-20-34-21-19-31)29(35)30-27-11-7-6-9-25(27)4-2/h6-7,9,11-13,22H,3-5,8,10,14-21,23H2,1-2H3,(H,30,35). The zero-order valence-corrected chi connectivity index (χ0v) is 22.4. The monoisotopic (exact) mass is 494 g/mol. The van der Waals surface area contributed by atoms with Crippen LogP contribution in [0.15, 0.2) is 42.5 Å². The summed E-state index contributed by atoms with van der Waals surface area (Å²) in [5, 5.41) is 4.37. The van der Waals surface area contributed by atoms with E-state index in [1.807, 2.05) is 0 Å². The van der Waals surface area contributed by atoms with Crippen LogP contribution in [0.4, 0.5) is 11.4 Å². The quantitative estimate of drug-likeness (QED) is 0.449.